The monoisotopic (exact) mass is 593 g/mol. The molecular weight excluding hydrogens is 559 g/mol. The Bertz CT molecular complexity index is 1550. The van der Waals surface area contributed by atoms with Gasteiger partial charge in [-0.3, -0.25) is 0 Å². The minimum Gasteiger partial charge on any atom is -0.479 e. The number of rotatable bonds is 12. The maximum absolute atomic E-state index is 14.4. The molecule has 1 atom stereocenters. The van der Waals surface area contributed by atoms with Crippen molar-refractivity contribution in [1.82, 2.24) is 20.2 Å². The van der Waals surface area contributed by atoms with Crippen LogP contribution in [-0.4, -0.2) is 50.2 Å². The summed E-state index contributed by atoms with van der Waals surface area (Å²) in [5.74, 6) is -0.564. The molecule has 1 aromatic heterocycles. The van der Waals surface area contributed by atoms with E-state index in [-0.39, 0.29) is 18.9 Å². The molecule has 0 amide bonds. The SMILES string of the molecule is CCOC(=O)C(/C(=C(\O)OCC)n1nnc(Cc2ccccc2)n1)[P+](c1ccccc1)(c1ccccc1)c1ccccc1. The summed E-state index contributed by atoms with van der Waals surface area (Å²) in [5, 5.41) is 27.7. The number of aromatic nitrogens is 4. The zero-order valence-electron chi connectivity index (χ0n) is 24.2. The minimum atomic E-state index is -3.01. The Morgan fingerprint density at radius 2 is 1.21 bits per heavy atom. The van der Waals surface area contributed by atoms with E-state index in [4.69, 9.17) is 9.47 Å². The van der Waals surface area contributed by atoms with Crippen LogP contribution in [0.5, 0.6) is 0 Å². The molecule has 218 valence electrons. The first-order valence-electron chi connectivity index (χ1n) is 14.2. The number of aliphatic hydroxyl groups is 1. The van der Waals surface area contributed by atoms with E-state index in [1.54, 1.807) is 13.8 Å². The van der Waals surface area contributed by atoms with Crippen LogP contribution in [-0.2, 0) is 20.7 Å². The van der Waals surface area contributed by atoms with Gasteiger partial charge in [0.05, 0.1) is 13.2 Å². The van der Waals surface area contributed by atoms with Crippen LogP contribution >= 0.6 is 7.26 Å². The molecule has 0 radical (unpaired) electrons. The van der Waals surface area contributed by atoms with Gasteiger partial charge in [-0.05, 0) is 61.0 Å². The van der Waals surface area contributed by atoms with Gasteiger partial charge in [-0.15, -0.1) is 15.0 Å². The minimum absolute atomic E-state index is 0.0667. The van der Waals surface area contributed by atoms with Crippen molar-refractivity contribution in [2.75, 3.05) is 13.2 Å². The predicted octanol–water partition coefficient (Wildman–Crippen LogP) is 4.91. The second kappa shape index (κ2) is 13.9. The fourth-order valence-electron chi connectivity index (χ4n) is 5.28. The molecule has 0 aliphatic carbocycles. The average Bonchev–Trinajstić information content (AvgIpc) is 3.51. The Labute approximate surface area is 252 Å². The van der Waals surface area contributed by atoms with Crippen LogP contribution < -0.4 is 15.9 Å². The second-order valence-corrected chi connectivity index (χ2v) is 13.2. The summed E-state index contributed by atoms with van der Waals surface area (Å²) in [6, 6.07) is 39.5. The van der Waals surface area contributed by atoms with E-state index < -0.39 is 24.8 Å². The molecule has 0 saturated heterocycles. The van der Waals surface area contributed by atoms with E-state index in [0.717, 1.165) is 21.5 Å². The molecule has 1 unspecified atom stereocenters. The van der Waals surface area contributed by atoms with Crippen molar-refractivity contribution in [3.63, 3.8) is 0 Å². The summed E-state index contributed by atoms with van der Waals surface area (Å²) in [4.78, 5) is 15.7. The Morgan fingerprint density at radius 1 is 0.744 bits per heavy atom. The van der Waals surface area contributed by atoms with Crippen molar-refractivity contribution >= 4 is 34.8 Å². The molecule has 1 heterocycles. The van der Waals surface area contributed by atoms with Crippen molar-refractivity contribution in [1.29, 1.82) is 0 Å². The van der Waals surface area contributed by atoms with Gasteiger partial charge in [-0.25, -0.2) is 4.79 Å². The lowest BCUT2D eigenvalue weighted by Crippen LogP contribution is -2.45. The van der Waals surface area contributed by atoms with E-state index >= 15 is 0 Å². The van der Waals surface area contributed by atoms with Crippen LogP contribution in [0.1, 0.15) is 25.2 Å². The highest BCUT2D eigenvalue weighted by atomic mass is 31.2. The van der Waals surface area contributed by atoms with Crippen molar-refractivity contribution < 1.29 is 19.4 Å². The smallest absolute Gasteiger partial charge is 0.355 e. The maximum atomic E-state index is 14.4. The molecular formula is C34H34N4O4P+. The van der Waals surface area contributed by atoms with Crippen LogP contribution in [0, 0.1) is 0 Å². The van der Waals surface area contributed by atoms with E-state index in [0.29, 0.717) is 12.2 Å². The first-order valence-corrected chi connectivity index (χ1v) is 16.1. The fraction of sp³-hybridized carbons (Fsp3) is 0.176. The van der Waals surface area contributed by atoms with Crippen molar-refractivity contribution in [3.05, 3.63) is 139 Å². The number of aliphatic hydroxyl groups excluding tert-OH is 1. The lowest BCUT2D eigenvalue weighted by molar-refractivity contribution is -0.141. The van der Waals surface area contributed by atoms with Gasteiger partial charge in [-0.2, -0.15) is 0 Å². The van der Waals surface area contributed by atoms with E-state index in [9.17, 15) is 9.90 Å². The Kier molecular flexibility index (Phi) is 9.59. The van der Waals surface area contributed by atoms with Gasteiger partial charge >= 0.3 is 11.9 Å². The zero-order valence-corrected chi connectivity index (χ0v) is 25.0. The van der Waals surface area contributed by atoms with Crippen molar-refractivity contribution in [2.24, 2.45) is 0 Å². The summed E-state index contributed by atoms with van der Waals surface area (Å²) in [7, 11) is -3.01. The van der Waals surface area contributed by atoms with Crippen molar-refractivity contribution in [3.8, 4) is 0 Å². The molecule has 0 fully saturated rings. The summed E-state index contributed by atoms with van der Waals surface area (Å²) in [5.41, 5.74) is -0.0229. The van der Waals surface area contributed by atoms with E-state index in [1.165, 1.54) is 4.80 Å². The molecule has 0 spiro atoms. The van der Waals surface area contributed by atoms with Crippen LogP contribution in [0.3, 0.4) is 0 Å². The Morgan fingerprint density at radius 3 is 1.67 bits per heavy atom. The number of benzene rings is 4. The molecule has 4 aromatic carbocycles. The highest BCUT2D eigenvalue weighted by Crippen LogP contribution is 2.63. The number of ether oxygens (including phenoxy) is 2. The summed E-state index contributed by atoms with van der Waals surface area (Å²) in [6.07, 6.45) is 0.421. The molecule has 5 rings (SSSR count). The van der Waals surface area contributed by atoms with Gasteiger partial charge in [0.1, 0.15) is 23.2 Å². The summed E-state index contributed by atoms with van der Waals surface area (Å²) < 4.78 is 11.5. The van der Waals surface area contributed by atoms with E-state index in [1.807, 2.05) is 121 Å². The number of hydrogen-bond acceptors (Lipinski definition) is 7. The average molecular weight is 594 g/mol. The lowest BCUT2D eigenvalue weighted by atomic mass is 10.1. The van der Waals surface area contributed by atoms with Crippen molar-refractivity contribution in [2.45, 2.75) is 25.9 Å². The number of nitrogens with zero attached hydrogens (tertiary/aromatic N) is 4. The highest BCUT2D eigenvalue weighted by molar-refractivity contribution is 7.97. The van der Waals surface area contributed by atoms with Crippen LogP contribution in [0.2, 0.25) is 0 Å². The third-order valence-corrected chi connectivity index (χ3v) is 11.6. The maximum Gasteiger partial charge on any atom is 0.355 e. The first kappa shape index (κ1) is 29.7. The third kappa shape index (κ3) is 6.20. The Balaban J connectivity index is 1.83. The molecule has 0 aliphatic rings. The largest absolute Gasteiger partial charge is 0.479 e. The number of tetrazole rings is 1. The topological polar surface area (TPSA) is 99.4 Å². The molecule has 8 nitrogen and oxygen atoms in total. The number of carbonyl (C=O) groups is 1. The summed E-state index contributed by atoms with van der Waals surface area (Å²) >= 11 is 0. The molecule has 43 heavy (non-hydrogen) atoms. The van der Waals surface area contributed by atoms with Crippen LogP contribution in [0.15, 0.2) is 127 Å². The van der Waals surface area contributed by atoms with Gasteiger partial charge in [0.15, 0.2) is 11.5 Å². The zero-order chi connectivity index (χ0) is 30.1. The van der Waals surface area contributed by atoms with Gasteiger partial charge in [-0.1, -0.05) is 84.9 Å². The quantitative estimate of drug-likeness (QED) is 0.125. The molecule has 1 N–H and O–H groups in total. The lowest BCUT2D eigenvalue weighted by Gasteiger charge is -2.33. The van der Waals surface area contributed by atoms with Gasteiger partial charge < -0.3 is 14.6 Å². The third-order valence-electron chi connectivity index (χ3n) is 7.02. The molecule has 9 heteroatoms. The van der Waals surface area contributed by atoms with Gasteiger partial charge in [0, 0.05) is 6.42 Å². The number of carbonyl (C=O) groups excluding carboxylic acids is 1. The normalized spacial score (nSPS) is 12.7. The Hall–Kier alpha value is -4.81. The van der Waals surface area contributed by atoms with Gasteiger partial charge in [0.25, 0.3) is 0 Å². The molecule has 0 aliphatic heterocycles. The molecule has 0 bridgehead atoms. The van der Waals surface area contributed by atoms with Gasteiger partial charge in [0.2, 0.25) is 5.66 Å². The fourth-order valence-corrected chi connectivity index (χ4v) is 9.96. The van der Waals surface area contributed by atoms with E-state index in [2.05, 4.69) is 15.4 Å². The highest BCUT2D eigenvalue weighted by Gasteiger charge is 2.60. The standard InChI is InChI=1S/C34H33N4O4P/c1-3-41-33(39)31(38-36-30(35-37-38)25-26-17-9-5-10-18-26)32(34(40)42-4-2)43(27-19-11-6-12-20-27,28-21-13-7-14-22-28)29-23-15-8-16-24-29/h5-24,32H,3-4,25H2,1-2H3/p+1/b33-31-. The van der Waals surface area contributed by atoms with Crippen LogP contribution in [0.25, 0.3) is 5.70 Å². The number of esters is 1. The summed E-state index contributed by atoms with van der Waals surface area (Å²) in [6.45, 7) is 3.82. The van der Waals surface area contributed by atoms with Crippen LogP contribution in [0.4, 0.5) is 0 Å². The first-order chi connectivity index (χ1) is 21.1. The number of hydrogen-bond donors (Lipinski definition) is 1. The molecule has 5 aromatic rings. The second-order valence-electron chi connectivity index (χ2n) is 9.66. The molecule has 0 saturated carbocycles. The predicted molar refractivity (Wildman–Crippen MR) is 170 cm³/mol.